The number of hydrogen-bond donors (Lipinski definition) is 1. The third-order valence-corrected chi connectivity index (χ3v) is 3.02. The summed E-state index contributed by atoms with van der Waals surface area (Å²) in [4.78, 5) is 0. The van der Waals surface area contributed by atoms with E-state index in [-0.39, 0.29) is 6.61 Å². The Bertz CT molecular complexity index is 337. The third kappa shape index (κ3) is 3.56. The lowest BCUT2D eigenvalue weighted by atomic mass is 10.1. The fraction of sp³-hybridized carbons (Fsp3) is 0.455. The number of rotatable bonds is 4. The summed E-state index contributed by atoms with van der Waals surface area (Å²) < 4.78 is 5.41. The van der Waals surface area contributed by atoms with Crippen LogP contribution < -0.4 is 4.74 Å². The van der Waals surface area contributed by atoms with Gasteiger partial charge in [-0.2, -0.15) is 0 Å². The van der Waals surface area contributed by atoms with Crippen LogP contribution in [0.15, 0.2) is 18.2 Å². The standard InChI is InChI=1S/C11H14Cl2O2/c1-3-11(2,14)7-15-9-6-4-5-8(12)10(9)13/h4-6,14H,3,7H2,1-2H3. The summed E-state index contributed by atoms with van der Waals surface area (Å²) in [5.74, 6) is 0.498. The lowest BCUT2D eigenvalue weighted by Gasteiger charge is -2.21. The molecule has 0 aliphatic heterocycles. The summed E-state index contributed by atoms with van der Waals surface area (Å²) in [5, 5.41) is 10.6. The van der Waals surface area contributed by atoms with E-state index >= 15 is 0 Å². The average molecular weight is 249 g/mol. The van der Waals surface area contributed by atoms with Crippen molar-refractivity contribution in [2.45, 2.75) is 25.9 Å². The summed E-state index contributed by atoms with van der Waals surface area (Å²) in [6.07, 6.45) is 0.616. The summed E-state index contributed by atoms with van der Waals surface area (Å²) in [6.45, 7) is 3.80. The van der Waals surface area contributed by atoms with Gasteiger partial charge in [0.25, 0.3) is 0 Å². The van der Waals surface area contributed by atoms with E-state index in [0.29, 0.717) is 22.2 Å². The zero-order chi connectivity index (χ0) is 11.5. The molecule has 0 saturated heterocycles. The Morgan fingerprint density at radius 3 is 2.67 bits per heavy atom. The minimum atomic E-state index is -0.842. The molecule has 0 radical (unpaired) electrons. The van der Waals surface area contributed by atoms with Crippen molar-refractivity contribution in [3.05, 3.63) is 28.2 Å². The second-order valence-corrected chi connectivity index (χ2v) is 4.48. The Hall–Kier alpha value is -0.440. The molecule has 84 valence electrons. The van der Waals surface area contributed by atoms with Gasteiger partial charge in [-0.1, -0.05) is 36.2 Å². The second-order valence-electron chi connectivity index (χ2n) is 3.69. The van der Waals surface area contributed by atoms with Gasteiger partial charge in [0.15, 0.2) is 0 Å². The molecule has 1 rings (SSSR count). The minimum Gasteiger partial charge on any atom is -0.489 e. The smallest absolute Gasteiger partial charge is 0.139 e. The molecule has 0 saturated carbocycles. The van der Waals surface area contributed by atoms with Crippen LogP contribution in [0.2, 0.25) is 10.0 Å². The normalized spacial score (nSPS) is 14.7. The topological polar surface area (TPSA) is 29.5 Å². The Morgan fingerprint density at radius 2 is 2.07 bits per heavy atom. The van der Waals surface area contributed by atoms with Crippen molar-refractivity contribution in [3.63, 3.8) is 0 Å². The van der Waals surface area contributed by atoms with E-state index in [4.69, 9.17) is 27.9 Å². The Kier molecular flexibility index (Phi) is 4.26. The zero-order valence-electron chi connectivity index (χ0n) is 8.76. The zero-order valence-corrected chi connectivity index (χ0v) is 10.3. The van der Waals surface area contributed by atoms with Gasteiger partial charge in [-0.15, -0.1) is 0 Å². The molecule has 0 spiro atoms. The molecule has 0 fully saturated rings. The predicted molar refractivity (Wildman–Crippen MR) is 62.9 cm³/mol. The Balaban J connectivity index is 2.70. The van der Waals surface area contributed by atoms with Gasteiger partial charge in [-0.25, -0.2) is 0 Å². The maximum atomic E-state index is 9.74. The van der Waals surface area contributed by atoms with E-state index in [2.05, 4.69) is 0 Å². The Morgan fingerprint density at radius 1 is 1.40 bits per heavy atom. The van der Waals surface area contributed by atoms with E-state index < -0.39 is 5.60 Å². The molecule has 0 aliphatic carbocycles. The van der Waals surface area contributed by atoms with Crippen molar-refractivity contribution in [2.75, 3.05) is 6.61 Å². The SMILES string of the molecule is CCC(C)(O)COc1cccc(Cl)c1Cl. The summed E-state index contributed by atoms with van der Waals surface area (Å²) >= 11 is 11.7. The molecular formula is C11H14Cl2O2. The Labute approximate surface area is 99.8 Å². The molecule has 0 aromatic heterocycles. The molecule has 1 atom stereocenters. The average Bonchev–Trinajstić information content (AvgIpc) is 2.20. The summed E-state index contributed by atoms with van der Waals surface area (Å²) in [5.41, 5.74) is -0.842. The van der Waals surface area contributed by atoms with Crippen molar-refractivity contribution in [1.82, 2.24) is 0 Å². The van der Waals surface area contributed by atoms with Crippen molar-refractivity contribution in [2.24, 2.45) is 0 Å². The predicted octanol–water partition coefficient (Wildman–Crippen LogP) is 3.53. The van der Waals surface area contributed by atoms with Gasteiger partial charge >= 0.3 is 0 Å². The fourth-order valence-electron chi connectivity index (χ4n) is 0.931. The van der Waals surface area contributed by atoms with Crippen molar-refractivity contribution in [3.8, 4) is 5.75 Å². The monoisotopic (exact) mass is 248 g/mol. The molecule has 0 aliphatic rings. The maximum Gasteiger partial charge on any atom is 0.139 e. The highest BCUT2D eigenvalue weighted by Gasteiger charge is 2.19. The lowest BCUT2D eigenvalue weighted by Crippen LogP contribution is -2.31. The lowest BCUT2D eigenvalue weighted by molar-refractivity contribution is 0.00851. The number of ether oxygens (including phenoxy) is 1. The molecule has 1 unspecified atom stereocenters. The highest BCUT2D eigenvalue weighted by Crippen LogP contribution is 2.31. The number of hydrogen-bond acceptors (Lipinski definition) is 2. The first-order valence-electron chi connectivity index (χ1n) is 4.75. The van der Waals surface area contributed by atoms with Gasteiger partial charge in [-0.3, -0.25) is 0 Å². The van der Waals surface area contributed by atoms with E-state index in [1.807, 2.05) is 6.92 Å². The van der Waals surface area contributed by atoms with Crippen LogP contribution in [0.1, 0.15) is 20.3 Å². The van der Waals surface area contributed by atoms with E-state index in [9.17, 15) is 5.11 Å². The molecule has 2 nitrogen and oxygen atoms in total. The van der Waals surface area contributed by atoms with Crippen molar-refractivity contribution >= 4 is 23.2 Å². The first-order valence-corrected chi connectivity index (χ1v) is 5.51. The van der Waals surface area contributed by atoms with Gasteiger partial charge in [0.05, 0.1) is 10.6 Å². The fourth-order valence-corrected chi connectivity index (χ4v) is 1.28. The van der Waals surface area contributed by atoms with Gasteiger partial charge in [0.2, 0.25) is 0 Å². The van der Waals surface area contributed by atoms with Gasteiger partial charge in [0.1, 0.15) is 17.4 Å². The minimum absolute atomic E-state index is 0.198. The van der Waals surface area contributed by atoms with Crippen molar-refractivity contribution < 1.29 is 9.84 Å². The summed E-state index contributed by atoms with van der Waals surface area (Å²) in [7, 11) is 0. The van der Waals surface area contributed by atoms with Crippen LogP contribution in [0, 0.1) is 0 Å². The van der Waals surface area contributed by atoms with E-state index in [1.165, 1.54) is 0 Å². The van der Waals surface area contributed by atoms with Crippen LogP contribution in [-0.2, 0) is 0 Å². The molecule has 4 heteroatoms. The van der Waals surface area contributed by atoms with E-state index in [0.717, 1.165) is 0 Å². The van der Waals surface area contributed by atoms with Gasteiger partial charge < -0.3 is 9.84 Å². The number of aliphatic hydroxyl groups is 1. The highest BCUT2D eigenvalue weighted by atomic mass is 35.5. The maximum absolute atomic E-state index is 9.74. The number of benzene rings is 1. The molecule has 0 amide bonds. The van der Waals surface area contributed by atoms with Crippen LogP contribution in [0.25, 0.3) is 0 Å². The van der Waals surface area contributed by atoms with Crippen LogP contribution in [-0.4, -0.2) is 17.3 Å². The van der Waals surface area contributed by atoms with Gasteiger partial charge in [0, 0.05) is 0 Å². The molecule has 1 N–H and O–H groups in total. The quantitative estimate of drug-likeness (QED) is 0.884. The molecule has 15 heavy (non-hydrogen) atoms. The van der Waals surface area contributed by atoms with Crippen LogP contribution in [0.5, 0.6) is 5.75 Å². The van der Waals surface area contributed by atoms with Crippen LogP contribution in [0.4, 0.5) is 0 Å². The molecule has 0 bridgehead atoms. The van der Waals surface area contributed by atoms with Crippen molar-refractivity contribution in [1.29, 1.82) is 0 Å². The van der Waals surface area contributed by atoms with Crippen LogP contribution in [0.3, 0.4) is 0 Å². The summed E-state index contributed by atoms with van der Waals surface area (Å²) in [6, 6.07) is 5.17. The first-order chi connectivity index (χ1) is 6.96. The second kappa shape index (κ2) is 5.06. The number of halogens is 2. The molecule has 1 aromatic rings. The van der Waals surface area contributed by atoms with Gasteiger partial charge in [-0.05, 0) is 25.5 Å². The first kappa shape index (κ1) is 12.6. The third-order valence-electron chi connectivity index (χ3n) is 2.22. The van der Waals surface area contributed by atoms with E-state index in [1.54, 1.807) is 25.1 Å². The molecular weight excluding hydrogens is 235 g/mol. The van der Waals surface area contributed by atoms with Crippen LogP contribution >= 0.6 is 23.2 Å². The highest BCUT2D eigenvalue weighted by molar-refractivity contribution is 6.42. The molecule has 0 heterocycles. The largest absolute Gasteiger partial charge is 0.489 e. The molecule has 1 aromatic carbocycles.